The zero-order valence-corrected chi connectivity index (χ0v) is 18.0. The van der Waals surface area contributed by atoms with E-state index in [1.807, 2.05) is 43.3 Å². The Hall–Kier alpha value is -3.26. The van der Waals surface area contributed by atoms with E-state index in [4.69, 9.17) is 0 Å². The van der Waals surface area contributed by atoms with Gasteiger partial charge in [0.25, 0.3) is 11.5 Å². The van der Waals surface area contributed by atoms with Gasteiger partial charge in [-0.25, -0.2) is 9.67 Å². The Morgan fingerprint density at radius 1 is 1.17 bits per heavy atom. The molecular formula is C22H20BrN5O2. The van der Waals surface area contributed by atoms with E-state index < -0.39 is 0 Å². The lowest BCUT2D eigenvalue weighted by molar-refractivity contribution is 0.0952. The molecule has 2 aromatic carbocycles. The van der Waals surface area contributed by atoms with Crippen molar-refractivity contribution in [3.05, 3.63) is 92.6 Å². The van der Waals surface area contributed by atoms with Gasteiger partial charge in [-0.15, -0.1) is 0 Å². The van der Waals surface area contributed by atoms with Crippen molar-refractivity contribution < 1.29 is 4.79 Å². The zero-order valence-electron chi connectivity index (χ0n) is 16.4. The summed E-state index contributed by atoms with van der Waals surface area (Å²) in [5, 5.41) is 7.61. The molecule has 0 aliphatic carbocycles. The number of fused-ring (bicyclic) bond motifs is 1. The van der Waals surface area contributed by atoms with Crippen molar-refractivity contribution in [2.24, 2.45) is 0 Å². The van der Waals surface area contributed by atoms with E-state index >= 15 is 0 Å². The van der Waals surface area contributed by atoms with Gasteiger partial charge in [-0.2, -0.15) is 5.10 Å². The molecule has 0 spiro atoms. The number of carbonyl (C=O) groups is 1. The molecule has 0 saturated carbocycles. The summed E-state index contributed by atoms with van der Waals surface area (Å²) < 4.78 is 4.07. The number of nitrogens with one attached hydrogen (secondary N) is 1. The monoisotopic (exact) mass is 465 g/mol. The molecule has 4 rings (SSSR count). The lowest BCUT2D eigenvalue weighted by Crippen LogP contribution is -2.27. The standard InChI is InChI=1S/C22H20BrN5O2/c1-15-5-2-3-6-17(15)13-27-14-25-20-19(22(27)30)12-26-28(20)10-9-24-21(29)16-7-4-8-18(23)11-16/h2-8,11-12,14H,9-10,13H2,1H3,(H,24,29). The van der Waals surface area contributed by atoms with Crippen LogP contribution in [0.15, 0.2) is 70.3 Å². The number of nitrogens with zero attached hydrogens (tertiary/aromatic N) is 4. The smallest absolute Gasteiger partial charge is 0.264 e. The molecule has 152 valence electrons. The highest BCUT2D eigenvalue weighted by Crippen LogP contribution is 2.12. The van der Waals surface area contributed by atoms with Crippen molar-refractivity contribution in [2.75, 3.05) is 6.54 Å². The highest BCUT2D eigenvalue weighted by Gasteiger charge is 2.12. The van der Waals surface area contributed by atoms with Gasteiger partial charge in [0, 0.05) is 16.6 Å². The van der Waals surface area contributed by atoms with Crippen LogP contribution < -0.4 is 10.9 Å². The topological polar surface area (TPSA) is 81.8 Å². The van der Waals surface area contributed by atoms with Gasteiger partial charge in [-0.05, 0) is 36.2 Å². The fourth-order valence-corrected chi connectivity index (χ4v) is 3.65. The maximum absolute atomic E-state index is 12.9. The van der Waals surface area contributed by atoms with Crippen molar-refractivity contribution in [3.63, 3.8) is 0 Å². The molecule has 8 heteroatoms. The van der Waals surface area contributed by atoms with Crippen LogP contribution in [-0.4, -0.2) is 31.8 Å². The molecule has 0 aliphatic heterocycles. The molecule has 7 nitrogen and oxygen atoms in total. The first-order valence-electron chi connectivity index (χ1n) is 9.52. The third-order valence-electron chi connectivity index (χ3n) is 4.92. The molecule has 30 heavy (non-hydrogen) atoms. The maximum Gasteiger partial charge on any atom is 0.264 e. The highest BCUT2D eigenvalue weighted by molar-refractivity contribution is 9.10. The van der Waals surface area contributed by atoms with Crippen LogP contribution in [0.5, 0.6) is 0 Å². The van der Waals surface area contributed by atoms with Crippen LogP contribution in [0, 0.1) is 6.92 Å². The van der Waals surface area contributed by atoms with E-state index in [1.165, 1.54) is 6.20 Å². The van der Waals surface area contributed by atoms with Crippen LogP contribution in [0.3, 0.4) is 0 Å². The van der Waals surface area contributed by atoms with Gasteiger partial charge < -0.3 is 5.32 Å². The first-order valence-corrected chi connectivity index (χ1v) is 10.3. The number of hydrogen-bond acceptors (Lipinski definition) is 4. The number of carbonyl (C=O) groups excluding carboxylic acids is 1. The number of benzene rings is 2. The van der Waals surface area contributed by atoms with E-state index in [0.29, 0.717) is 36.2 Å². The minimum absolute atomic E-state index is 0.132. The van der Waals surface area contributed by atoms with Crippen molar-refractivity contribution in [1.29, 1.82) is 0 Å². The summed E-state index contributed by atoms with van der Waals surface area (Å²) in [6.45, 7) is 3.27. The van der Waals surface area contributed by atoms with Crippen molar-refractivity contribution >= 4 is 32.9 Å². The molecule has 0 aliphatic rings. The molecule has 4 aromatic rings. The maximum atomic E-state index is 12.9. The minimum atomic E-state index is -0.165. The van der Waals surface area contributed by atoms with E-state index in [1.54, 1.807) is 27.7 Å². The van der Waals surface area contributed by atoms with Crippen LogP contribution in [-0.2, 0) is 13.1 Å². The number of amides is 1. The first-order chi connectivity index (χ1) is 14.5. The van der Waals surface area contributed by atoms with Gasteiger partial charge in [0.15, 0.2) is 5.65 Å². The quantitative estimate of drug-likeness (QED) is 0.474. The van der Waals surface area contributed by atoms with Gasteiger partial charge in [0.2, 0.25) is 0 Å². The van der Waals surface area contributed by atoms with Gasteiger partial charge >= 0.3 is 0 Å². The molecule has 0 fully saturated rings. The van der Waals surface area contributed by atoms with E-state index in [9.17, 15) is 9.59 Å². The first kappa shape index (κ1) is 20.0. The second kappa shape index (κ2) is 8.62. The summed E-state index contributed by atoms with van der Waals surface area (Å²) >= 11 is 3.36. The Labute approximate surface area is 181 Å². The predicted octanol–water partition coefficient (Wildman–Crippen LogP) is 3.14. The Bertz CT molecular complexity index is 1280. The molecule has 0 radical (unpaired) electrons. The Morgan fingerprint density at radius 3 is 2.80 bits per heavy atom. The number of hydrogen-bond donors (Lipinski definition) is 1. The predicted molar refractivity (Wildman–Crippen MR) is 119 cm³/mol. The summed E-state index contributed by atoms with van der Waals surface area (Å²) in [4.78, 5) is 29.5. The van der Waals surface area contributed by atoms with Crippen LogP contribution in [0.25, 0.3) is 11.0 Å². The number of aryl methyl sites for hydroxylation is 1. The summed E-state index contributed by atoms with van der Waals surface area (Å²) in [5.41, 5.74) is 3.15. The van der Waals surface area contributed by atoms with Crippen molar-refractivity contribution in [3.8, 4) is 0 Å². The molecule has 2 heterocycles. The Kier molecular flexibility index (Phi) is 5.76. The molecule has 2 aromatic heterocycles. The van der Waals surface area contributed by atoms with Crippen molar-refractivity contribution in [2.45, 2.75) is 20.0 Å². The fraction of sp³-hybridized carbons (Fsp3) is 0.182. The van der Waals surface area contributed by atoms with Crippen LogP contribution in [0.4, 0.5) is 0 Å². The van der Waals surface area contributed by atoms with Crippen LogP contribution in [0.2, 0.25) is 0 Å². The molecule has 1 N–H and O–H groups in total. The molecular weight excluding hydrogens is 446 g/mol. The molecule has 0 unspecified atom stereocenters. The number of rotatable bonds is 6. The molecule has 0 saturated heterocycles. The van der Waals surface area contributed by atoms with E-state index in [0.717, 1.165) is 15.6 Å². The summed E-state index contributed by atoms with van der Waals surface area (Å²) in [7, 11) is 0. The van der Waals surface area contributed by atoms with E-state index in [2.05, 4.69) is 31.3 Å². The molecule has 0 bridgehead atoms. The number of aromatic nitrogens is 4. The number of halogens is 1. The summed E-state index contributed by atoms with van der Waals surface area (Å²) in [6.07, 6.45) is 3.09. The molecule has 0 atom stereocenters. The third kappa shape index (κ3) is 4.18. The van der Waals surface area contributed by atoms with Crippen LogP contribution >= 0.6 is 15.9 Å². The van der Waals surface area contributed by atoms with Gasteiger partial charge in [-0.3, -0.25) is 14.2 Å². The normalized spacial score (nSPS) is 11.0. The lowest BCUT2D eigenvalue weighted by Gasteiger charge is -2.09. The molecule has 1 amide bonds. The SMILES string of the molecule is Cc1ccccc1Cn1cnc2c(cnn2CCNC(=O)c2cccc(Br)c2)c1=O. The van der Waals surface area contributed by atoms with Gasteiger partial charge in [0.05, 0.1) is 19.3 Å². The Balaban J connectivity index is 1.47. The second-order valence-corrected chi connectivity index (χ2v) is 7.89. The fourth-order valence-electron chi connectivity index (χ4n) is 3.25. The Morgan fingerprint density at radius 2 is 2.00 bits per heavy atom. The van der Waals surface area contributed by atoms with E-state index in [-0.39, 0.29) is 11.5 Å². The lowest BCUT2D eigenvalue weighted by atomic mass is 10.1. The average Bonchev–Trinajstić information content (AvgIpc) is 3.15. The van der Waals surface area contributed by atoms with Crippen LogP contribution in [0.1, 0.15) is 21.5 Å². The largest absolute Gasteiger partial charge is 0.350 e. The second-order valence-electron chi connectivity index (χ2n) is 6.98. The summed E-state index contributed by atoms with van der Waals surface area (Å²) in [5.74, 6) is -0.165. The summed E-state index contributed by atoms with van der Waals surface area (Å²) in [6, 6.07) is 15.1. The zero-order chi connectivity index (χ0) is 21.1. The average molecular weight is 466 g/mol. The highest BCUT2D eigenvalue weighted by atomic mass is 79.9. The third-order valence-corrected chi connectivity index (χ3v) is 5.41. The van der Waals surface area contributed by atoms with Crippen molar-refractivity contribution in [1.82, 2.24) is 24.6 Å². The van der Waals surface area contributed by atoms with Gasteiger partial charge in [-0.1, -0.05) is 46.3 Å². The minimum Gasteiger partial charge on any atom is -0.350 e. The van der Waals surface area contributed by atoms with Gasteiger partial charge in [0.1, 0.15) is 11.7 Å².